The van der Waals surface area contributed by atoms with E-state index in [0.29, 0.717) is 29.5 Å². The number of anilines is 1. The predicted octanol–water partition coefficient (Wildman–Crippen LogP) is 3.49. The highest BCUT2D eigenvalue weighted by Gasteiger charge is 2.33. The topological polar surface area (TPSA) is 80.5 Å². The van der Waals surface area contributed by atoms with E-state index < -0.39 is 20.8 Å². The van der Waals surface area contributed by atoms with Gasteiger partial charge in [-0.2, -0.15) is 0 Å². The van der Waals surface area contributed by atoms with Crippen LogP contribution in [-0.2, 0) is 16.4 Å². The minimum absolute atomic E-state index is 0.0392. The molecule has 0 aromatic heterocycles. The van der Waals surface area contributed by atoms with E-state index in [4.69, 9.17) is 0 Å². The lowest BCUT2D eigenvalue weighted by Crippen LogP contribution is -2.36. The van der Waals surface area contributed by atoms with Crippen LogP contribution in [0.2, 0.25) is 0 Å². The summed E-state index contributed by atoms with van der Waals surface area (Å²) in [5, 5.41) is 11.1. The van der Waals surface area contributed by atoms with Crippen LogP contribution < -0.4 is 4.31 Å². The van der Waals surface area contributed by atoms with Crippen LogP contribution in [0.15, 0.2) is 35.2 Å². The van der Waals surface area contributed by atoms with Crippen LogP contribution in [0.4, 0.5) is 15.8 Å². The van der Waals surface area contributed by atoms with Gasteiger partial charge in [-0.1, -0.05) is 12.1 Å². The lowest BCUT2D eigenvalue weighted by molar-refractivity contribution is -0.385. The molecule has 0 saturated heterocycles. The first kappa shape index (κ1) is 17.3. The summed E-state index contributed by atoms with van der Waals surface area (Å²) >= 11 is 0. The van der Waals surface area contributed by atoms with Gasteiger partial charge in [0.2, 0.25) is 0 Å². The SMILES string of the molecule is Cc1cc([N+](=O)[O-])cc(S(=O)(=O)N2CCCc3cccc(F)c32)c1C. The summed E-state index contributed by atoms with van der Waals surface area (Å²) < 4.78 is 41.7. The predicted molar refractivity (Wildman–Crippen MR) is 91.8 cm³/mol. The first-order valence-corrected chi connectivity index (χ1v) is 9.23. The average molecular weight is 364 g/mol. The molecule has 1 aliphatic heterocycles. The Kier molecular flexibility index (Phi) is 4.24. The Labute approximate surface area is 145 Å². The van der Waals surface area contributed by atoms with E-state index in [-0.39, 0.29) is 22.8 Å². The number of sulfonamides is 1. The molecule has 0 atom stereocenters. The number of para-hydroxylation sites is 1. The fraction of sp³-hybridized carbons (Fsp3) is 0.294. The molecule has 0 saturated carbocycles. The largest absolute Gasteiger partial charge is 0.271 e. The molecule has 0 N–H and O–H groups in total. The van der Waals surface area contributed by atoms with Gasteiger partial charge in [0.15, 0.2) is 0 Å². The summed E-state index contributed by atoms with van der Waals surface area (Å²) in [6.45, 7) is 3.35. The van der Waals surface area contributed by atoms with Gasteiger partial charge in [0.25, 0.3) is 15.7 Å². The molecule has 8 heteroatoms. The standard InChI is InChI=1S/C17H17FN2O4S/c1-11-9-14(20(21)22)10-16(12(11)2)25(23,24)19-8-4-6-13-5-3-7-15(18)17(13)19/h3,5,7,9-10H,4,6,8H2,1-2H3. The number of halogens is 1. The van der Waals surface area contributed by atoms with Gasteiger partial charge in [-0.05, 0) is 49.4 Å². The number of non-ortho nitro benzene ring substituents is 1. The van der Waals surface area contributed by atoms with Crippen molar-refractivity contribution in [1.82, 2.24) is 0 Å². The molecule has 0 radical (unpaired) electrons. The molecule has 0 unspecified atom stereocenters. The van der Waals surface area contributed by atoms with Crippen molar-refractivity contribution in [3.63, 3.8) is 0 Å². The summed E-state index contributed by atoms with van der Waals surface area (Å²) in [4.78, 5) is 10.3. The van der Waals surface area contributed by atoms with E-state index in [0.717, 1.165) is 10.4 Å². The normalized spacial score (nSPS) is 14.3. The molecule has 0 amide bonds. The molecule has 0 fully saturated rings. The van der Waals surface area contributed by atoms with Crippen molar-refractivity contribution >= 4 is 21.4 Å². The van der Waals surface area contributed by atoms with Crippen LogP contribution in [0.25, 0.3) is 0 Å². The zero-order valence-electron chi connectivity index (χ0n) is 13.8. The number of aryl methyl sites for hydroxylation is 2. The van der Waals surface area contributed by atoms with Gasteiger partial charge in [-0.15, -0.1) is 0 Å². The summed E-state index contributed by atoms with van der Waals surface area (Å²) in [6, 6.07) is 6.85. The van der Waals surface area contributed by atoms with Gasteiger partial charge in [-0.25, -0.2) is 12.8 Å². The Hall–Kier alpha value is -2.48. The van der Waals surface area contributed by atoms with E-state index >= 15 is 0 Å². The van der Waals surface area contributed by atoms with Gasteiger partial charge in [-0.3, -0.25) is 14.4 Å². The highest BCUT2D eigenvalue weighted by Crippen LogP contribution is 2.36. The second-order valence-corrected chi connectivity index (χ2v) is 7.90. The van der Waals surface area contributed by atoms with Crippen molar-refractivity contribution in [2.75, 3.05) is 10.8 Å². The summed E-state index contributed by atoms with van der Waals surface area (Å²) in [5.74, 6) is -0.611. The third-order valence-electron chi connectivity index (χ3n) is 4.51. The molecule has 25 heavy (non-hydrogen) atoms. The lowest BCUT2D eigenvalue weighted by atomic mass is 10.0. The highest BCUT2D eigenvalue weighted by molar-refractivity contribution is 7.92. The minimum atomic E-state index is -4.12. The van der Waals surface area contributed by atoms with Gasteiger partial charge >= 0.3 is 0 Å². The van der Waals surface area contributed by atoms with Crippen molar-refractivity contribution in [3.05, 3.63) is 63.0 Å². The Morgan fingerprint density at radius 1 is 1.24 bits per heavy atom. The fourth-order valence-electron chi connectivity index (χ4n) is 3.11. The number of benzene rings is 2. The molecule has 2 aromatic rings. The number of hydrogen-bond acceptors (Lipinski definition) is 4. The van der Waals surface area contributed by atoms with Crippen LogP contribution in [0, 0.1) is 29.8 Å². The van der Waals surface area contributed by atoms with E-state index in [1.807, 2.05) is 0 Å². The quantitative estimate of drug-likeness (QED) is 0.617. The third-order valence-corrected chi connectivity index (χ3v) is 6.44. The molecule has 132 valence electrons. The molecule has 3 rings (SSSR count). The molecule has 2 aromatic carbocycles. The molecule has 1 heterocycles. The smallest absolute Gasteiger partial charge is 0.263 e. The van der Waals surface area contributed by atoms with Crippen molar-refractivity contribution < 1.29 is 17.7 Å². The van der Waals surface area contributed by atoms with E-state index in [1.54, 1.807) is 26.0 Å². The van der Waals surface area contributed by atoms with Crippen molar-refractivity contribution in [3.8, 4) is 0 Å². The molecule has 1 aliphatic rings. The third kappa shape index (κ3) is 2.86. The second-order valence-electron chi connectivity index (χ2n) is 6.07. The van der Waals surface area contributed by atoms with E-state index in [9.17, 15) is 22.9 Å². The number of nitro benzene ring substituents is 1. The zero-order valence-corrected chi connectivity index (χ0v) is 14.6. The number of nitrogens with zero attached hydrogens (tertiary/aromatic N) is 2. The molecule has 6 nitrogen and oxygen atoms in total. The monoisotopic (exact) mass is 364 g/mol. The van der Waals surface area contributed by atoms with E-state index in [1.165, 1.54) is 12.1 Å². The molecular weight excluding hydrogens is 347 g/mol. The van der Waals surface area contributed by atoms with Gasteiger partial charge in [0, 0.05) is 18.7 Å². The minimum Gasteiger partial charge on any atom is -0.263 e. The Bertz CT molecular complexity index is 973. The summed E-state index contributed by atoms with van der Waals surface area (Å²) in [7, 11) is -4.12. The fourth-order valence-corrected chi connectivity index (χ4v) is 4.98. The first-order valence-electron chi connectivity index (χ1n) is 7.79. The molecule has 0 aliphatic carbocycles. The molecule has 0 spiro atoms. The number of hydrogen-bond donors (Lipinski definition) is 0. The van der Waals surface area contributed by atoms with Gasteiger partial charge in [0.05, 0.1) is 15.5 Å². The Morgan fingerprint density at radius 3 is 2.64 bits per heavy atom. The average Bonchev–Trinajstić information content (AvgIpc) is 2.56. The maximum absolute atomic E-state index is 14.3. The summed E-state index contributed by atoms with van der Waals surface area (Å²) in [5.41, 5.74) is 1.28. The Balaban J connectivity index is 2.22. The Morgan fingerprint density at radius 2 is 1.96 bits per heavy atom. The maximum Gasteiger partial charge on any atom is 0.271 e. The number of fused-ring (bicyclic) bond motifs is 1. The molecular formula is C17H17FN2O4S. The van der Waals surface area contributed by atoms with Crippen molar-refractivity contribution in [2.24, 2.45) is 0 Å². The number of nitro groups is 1. The van der Waals surface area contributed by atoms with Crippen LogP contribution in [0.1, 0.15) is 23.1 Å². The van der Waals surface area contributed by atoms with E-state index in [2.05, 4.69) is 0 Å². The number of rotatable bonds is 3. The molecule has 0 bridgehead atoms. The van der Waals surface area contributed by atoms with Crippen molar-refractivity contribution in [2.45, 2.75) is 31.6 Å². The van der Waals surface area contributed by atoms with Crippen LogP contribution in [0.5, 0.6) is 0 Å². The van der Waals surface area contributed by atoms with Crippen molar-refractivity contribution in [1.29, 1.82) is 0 Å². The second kappa shape index (κ2) is 6.11. The van der Waals surface area contributed by atoms with Crippen LogP contribution in [-0.4, -0.2) is 19.9 Å². The van der Waals surface area contributed by atoms with Gasteiger partial charge < -0.3 is 0 Å². The highest BCUT2D eigenvalue weighted by atomic mass is 32.2. The lowest BCUT2D eigenvalue weighted by Gasteiger charge is -2.31. The van der Waals surface area contributed by atoms with Crippen LogP contribution in [0.3, 0.4) is 0 Å². The maximum atomic E-state index is 14.3. The van der Waals surface area contributed by atoms with Gasteiger partial charge in [0.1, 0.15) is 5.82 Å². The summed E-state index contributed by atoms with van der Waals surface area (Å²) in [6.07, 6.45) is 1.15. The zero-order chi connectivity index (χ0) is 18.4. The first-order chi connectivity index (χ1) is 11.7. The van der Waals surface area contributed by atoms with Crippen LogP contribution >= 0.6 is 0 Å².